The van der Waals surface area contributed by atoms with Crippen LogP contribution in [-0.4, -0.2) is 60.8 Å². The number of likely N-dealkylation sites (tertiary alicyclic amines) is 1. The van der Waals surface area contributed by atoms with Gasteiger partial charge >= 0.3 is 0 Å². The molecule has 0 aromatic carbocycles. The van der Waals surface area contributed by atoms with Crippen LogP contribution in [0.1, 0.15) is 26.2 Å². The molecule has 0 aliphatic carbocycles. The molecule has 0 atom stereocenters. The van der Waals surface area contributed by atoms with Crippen molar-refractivity contribution in [3.63, 3.8) is 0 Å². The third kappa shape index (κ3) is 3.56. The zero-order chi connectivity index (χ0) is 10.6. The van der Waals surface area contributed by atoms with Crippen molar-refractivity contribution in [1.82, 2.24) is 9.80 Å². The standard InChI is InChI=1S/C11H24N2O/c1-4-7-13-8-5-11(14,6-9-13)10-12(2)3/h14H,4-10H2,1-3H3. The Kier molecular flexibility index (Phi) is 4.35. The van der Waals surface area contributed by atoms with E-state index in [1.807, 2.05) is 14.1 Å². The molecule has 0 aromatic heterocycles. The summed E-state index contributed by atoms with van der Waals surface area (Å²) in [5.74, 6) is 0. The molecule has 0 aromatic rings. The summed E-state index contributed by atoms with van der Waals surface area (Å²) >= 11 is 0. The maximum absolute atomic E-state index is 10.3. The topological polar surface area (TPSA) is 26.7 Å². The molecule has 0 amide bonds. The van der Waals surface area contributed by atoms with Gasteiger partial charge in [0.2, 0.25) is 0 Å². The minimum Gasteiger partial charge on any atom is -0.388 e. The van der Waals surface area contributed by atoms with Crippen LogP contribution >= 0.6 is 0 Å². The van der Waals surface area contributed by atoms with Gasteiger partial charge in [0.25, 0.3) is 0 Å². The molecule has 0 spiro atoms. The first kappa shape index (κ1) is 12.0. The van der Waals surface area contributed by atoms with E-state index in [2.05, 4.69) is 16.7 Å². The fourth-order valence-electron chi connectivity index (χ4n) is 2.26. The van der Waals surface area contributed by atoms with Crippen molar-refractivity contribution < 1.29 is 5.11 Å². The minimum absolute atomic E-state index is 0.437. The maximum Gasteiger partial charge on any atom is 0.0798 e. The van der Waals surface area contributed by atoms with Crippen LogP contribution in [0.25, 0.3) is 0 Å². The zero-order valence-corrected chi connectivity index (χ0v) is 9.79. The molecule has 1 heterocycles. The van der Waals surface area contributed by atoms with Crippen LogP contribution < -0.4 is 0 Å². The molecule has 1 fully saturated rings. The summed E-state index contributed by atoms with van der Waals surface area (Å²) in [5.41, 5.74) is -0.437. The van der Waals surface area contributed by atoms with E-state index >= 15 is 0 Å². The fourth-order valence-corrected chi connectivity index (χ4v) is 2.26. The second kappa shape index (κ2) is 5.10. The number of likely N-dealkylation sites (N-methyl/N-ethyl adjacent to an activating group) is 1. The lowest BCUT2D eigenvalue weighted by molar-refractivity contribution is -0.0371. The number of hydrogen-bond donors (Lipinski definition) is 1. The lowest BCUT2D eigenvalue weighted by Crippen LogP contribution is -2.49. The van der Waals surface area contributed by atoms with Crippen molar-refractivity contribution in [2.75, 3.05) is 40.3 Å². The third-order valence-electron chi connectivity index (χ3n) is 2.94. The van der Waals surface area contributed by atoms with Crippen molar-refractivity contribution in [2.45, 2.75) is 31.8 Å². The monoisotopic (exact) mass is 200 g/mol. The van der Waals surface area contributed by atoms with Gasteiger partial charge in [0, 0.05) is 19.6 Å². The van der Waals surface area contributed by atoms with Gasteiger partial charge in [-0.3, -0.25) is 0 Å². The Morgan fingerprint density at radius 3 is 2.29 bits per heavy atom. The van der Waals surface area contributed by atoms with Gasteiger partial charge in [-0.1, -0.05) is 6.92 Å². The average Bonchev–Trinajstić information content (AvgIpc) is 2.08. The van der Waals surface area contributed by atoms with Crippen LogP contribution in [0.5, 0.6) is 0 Å². The van der Waals surface area contributed by atoms with Gasteiger partial charge in [-0.15, -0.1) is 0 Å². The van der Waals surface area contributed by atoms with Gasteiger partial charge < -0.3 is 14.9 Å². The Morgan fingerprint density at radius 1 is 1.29 bits per heavy atom. The van der Waals surface area contributed by atoms with Crippen LogP contribution in [0.4, 0.5) is 0 Å². The molecule has 1 saturated heterocycles. The van der Waals surface area contributed by atoms with Crippen LogP contribution in [0.15, 0.2) is 0 Å². The molecule has 1 N–H and O–H groups in total. The van der Waals surface area contributed by atoms with Crippen LogP contribution in [0.2, 0.25) is 0 Å². The summed E-state index contributed by atoms with van der Waals surface area (Å²) < 4.78 is 0. The predicted octanol–water partition coefficient (Wildman–Crippen LogP) is 0.785. The minimum atomic E-state index is -0.437. The van der Waals surface area contributed by atoms with Gasteiger partial charge in [0.05, 0.1) is 5.60 Å². The molecule has 14 heavy (non-hydrogen) atoms. The highest BCUT2D eigenvalue weighted by Crippen LogP contribution is 2.22. The highest BCUT2D eigenvalue weighted by Gasteiger charge is 2.32. The molecule has 3 heteroatoms. The summed E-state index contributed by atoms with van der Waals surface area (Å²) in [6.07, 6.45) is 3.06. The second-order valence-electron chi connectivity index (χ2n) is 4.80. The van der Waals surface area contributed by atoms with E-state index in [1.54, 1.807) is 0 Å². The number of rotatable bonds is 4. The highest BCUT2D eigenvalue weighted by atomic mass is 16.3. The molecule has 0 bridgehead atoms. The van der Waals surface area contributed by atoms with Gasteiger partial charge in [0.15, 0.2) is 0 Å². The van der Waals surface area contributed by atoms with Crippen molar-refractivity contribution in [1.29, 1.82) is 0 Å². The average molecular weight is 200 g/mol. The van der Waals surface area contributed by atoms with Gasteiger partial charge in [-0.25, -0.2) is 0 Å². The molecule has 1 aliphatic rings. The Labute approximate surface area is 87.7 Å². The van der Waals surface area contributed by atoms with E-state index in [0.29, 0.717) is 0 Å². The van der Waals surface area contributed by atoms with Gasteiger partial charge in [0.1, 0.15) is 0 Å². The lowest BCUT2D eigenvalue weighted by atomic mass is 9.91. The Balaban J connectivity index is 2.33. The molecular weight excluding hydrogens is 176 g/mol. The quantitative estimate of drug-likeness (QED) is 0.726. The van der Waals surface area contributed by atoms with E-state index in [1.165, 1.54) is 13.0 Å². The summed E-state index contributed by atoms with van der Waals surface area (Å²) in [7, 11) is 4.05. The Hall–Kier alpha value is -0.120. The summed E-state index contributed by atoms with van der Waals surface area (Å²) in [6, 6.07) is 0. The molecule has 1 aliphatic heterocycles. The molecule has 3 nitrogen and oxygen atoms in total. The first-order valence-corrected chi connectivity index (χ1v) is 5.65. The third-order valence-corrected chi connectivity index (χ3v) is 2.94. The van der Waals surface area contributed by atoms with E-state index in [0.717, 1.165) is 32.5 Å². The smallest absolute Gasteiger partial charge is 0.0798 e. The van der Waals surface area contributed by atoms with Crippen molar-refractivity contribution >= 4 is 0 Å². The van der Waals surface area contributed by atoms with E-state index in [4.69, 9.17) is 0 Å². The van der Waals surface area contributed by atoms with Crippen molar-refractivity contribution in [2.24, 2.45) is 0 Å². The van der Waals surface area contributed by atoms with E-state index < -0.39 is 5.60 Å². The first-order chi connectivity index (χ1) is 6.56. The SMILES string of the molecule is CCCN1CCC(O)(CN(C)C)CC1. The fraction of sp³-hybridized carbons (Fsp3) is 1.00. The highest BCUT2D eigenvalue weighted by molar-refractivity contribution is 4.87. The number of piperidine rings is 1. The number of hydrogen-bond acceptors (Lipinski definition) is 3. The second-order valence-corrected chi connectivity index (χ2v) is 4.80. The van der Waals surface area contributed by atoms with Gasteiger partial charge in [-0.2, -0.15) is 0 Å². The largest absolute Gasteiger partial charge is 0.388 e. The van der Waals surface area contributed by atoms with Crippen molar-refractivity contribution in [3.8, 4) is 0 Å². The lowest BCUT2D eigenvalue weighted by Gasteiger charge is -2.39. The van der Waals surface area contributed by atoms with Crippen LogP contribution in [0.3, 0.4) is 0 Å². The normalized spacial score (nSPS) is 22.9. The van der Waals surface area contributed by atoms with E-state index in [9.17, 15) is 5.11 Å². The van der Waals surface area contributed by atoms with Crippen LogP contribution in [-0.2, 0) is 0 Å². The van der Waals surface area contributed by atoms with E-state index in [-0.39, 0.29) is 0 Å². The molecule has 84 valence electrons. The molecule has 0 radical (unpaired) electrons. The maximum atomic E-state index is 10.3. The predicted molar refractivity (Wildman–Crippen MR) is 59.5 cm³/mol. The molecule has 0 saturated carbocycles. The summed E-state index contributed by atoms with van der Waals surface area (Å²) in [4.78, 5) is 4.53. The summed E-state index contributed by atoms with van der Waals surface area (Å²) in [6.45, 7) is 6.29. The zero-order valence-electron chi connectivity index (χ0n) is 9.79. The molecule has 0 unspecified atom stereocenters. The number of nitrogens with zero attached hydrogens (tertiary/aromatic N) is 2. The molecular formula is C11H24N2O. The van der Waals surface area contributed by atoms with Crippen LogP contribution in [0, 0.1) is 0 Å². The Morgan fingerprint density at radius 2 is 1.86 bits per heavy atom. The van der Waals surface area contributed by atoms with Crippen molar-refractivity contribution in [3.05, 3.63) is 0 Å². The molecule has 1 rings (SSSR count). The van der Waals surface area contributed by atoms with Gasteiger partial charge in [-0.05, 0) is 39.9 Å². The number of aliphatic hydroxyl groups is 1. The Bertz CT molecular complexity index is 163. The summed E-state index contributed by atoms with van der Waals surface area (Å²) in [5, 5.41) is 10.3. The first-order valence-electron chi connectivity index (χ1n) is 5.65.